The highest BCUT2D eigenvalue weighted by atomic mass is 32.2. The van der Waals surface area contributed by atoms with Crippen molar-refractivity contribution < 1.29 is 8.60 Å². The molecule has 0 bridgehead atoms. The molecule has 0 saturated carbocycles. The molecule has 1 atom stereocenters. The predicted octanol–water partition coefficient (Wildman–Crippen LogP) is 2.78. The van der Waals surface area contributed by atoms with Gasteiger partial charge in [0.25, 0.3) is 5.56 Å². The molecule has 1 unspecified atom stereocenters. The summed E-state index contributed by atoms with van der Waals surface area (Å²) in [6.45, 7) is 0. The number of rotatable bonds is 3. The van der Waals surface area contributed by atoms with Crippen molar-refractivity contribution in [2.24, 2.45) is 0 Å². The van der Waals surface area contributed by atoms with Crippen molar-refractivity contribution >= 4 is 10.8 Å². The van der Waals surface area contributed by atoms with E-state index < -0.39 is 10.8 Å². The lowest BCUT2D eigenvalue weighted by Crippen LogP contribution is -2.20. The maximum atomic E-state index is 12.9. The quantitative estimate of drug-likeness (QED) is 0.743. The van der Waals surface area contributed by atoms with Gasteiger partial charge in [-0.15, -0.1) is 0 Å². The highest BCUT2D eigenvalue weighted by Crippen LogP contribution is 2.19. The summed E-state index contributed by atoms with van der Waals surface area (Å²) >= 11 is 0. The molecule has 3 rings (SSSR count). The minimum absolute atomic E-state index is 0.308. The zero-order valence-corrected chi connectivity index (χ0v) is 13.1. The highest BCUT2D eigenvalue weighted by Gasteiger charge is 2.06. The molecule has 0 N–H and O–H groups in total. The first kappa shape index (κ1) is 15.3. The lowest BCUT2D eigenvalue weighted by Gasteiger charge is -2.06. The molecule has 0 spiro atoms. The van der Waals surface area contributed by atoms with Gasteiger partial charge in [-0.2, -0.15) is 9.78 Å². The van der Waals surface area contributed by atoms with E-state index in [1.165, 1.54) is 35.0 Å². The Labute approximate surface area is 134 Å². The number of hydrogen-bond donors (Lipinski definition) is 0. The Morgan fingerprint density at radius 3 is 2.22 bits per heavy atom. The zero-order chi connectivity index (χ0) is 16.4. The molecule has 0 fully saturated rings. The Morgan fingerprint density at radius 1 is 1.00 bits per heavy atom. The van der Waals surface area contributed by atoms with Crippen molar-refractivity contribution in [1.29, 1.82) is 0 Å². The van der Waals surface area contributed by atoms with Crippen LogP contribution in [0.4, 0.5) is 4.39 Å². The van der Waals surface area contributed by atoms with Crippen molar-refractivity contribution in [3.8, 4) is 16.8 Å². The van der Waals surface area contributed by atoms with Crippen LogP contribution in [0, 0.1) is 5.82 Å². The smallest absolute Gasteiger partial charge is 0.267 e. The van der Waals surface area contributed by atoms with E-state index in [0.717, 1.165) is 10.5 Å². The fourth-order valence-corrected chi connectivity index (χ4v) is 2.70. The van der Waals surface area contributed by atoms with Gasteiger partial charge in [-0.3, -0.25) is 9.00 Å². The molecule has 1 aromatic heterocycles. The van der Waals surface area contributed by atoms with Crippen molar-refractivity contribution in [3.63, 3.8) is 0 Å². The molecule has 0 radical (unpaired) electrons. The van der Waals surface area contributed by atoms with Crippen LogP contribution >= 0.6 is 0 Å². The lowest BCUT2D eigenvalue weighted by molar-refractivity contribution is 0.626. The number of hydrogen-bond acceptors (Lipinski definition) is 3. The van der Waals surface area contributed by atoms with Gasteiger partial charge < -0.3 is 0 Å². The van der Waals surface area contributed by atoms with Crippen LogP contribution in [-0.4, -0.2) is 20.2 Å². The van der Waals surface area contributed by atoms with E-state index >= 15 is 0 Å². The van der Waals surface area contributed by atoms with Gasteiger partial charge in [0, 0.05) is 33.6 Å². The SMILES string of the molecule is CS(=O)c1ccc(-c2cnn(-c3ccc(F)cc3)c(=O)c2)cc1. The molecule has 0 aliphatic rings. The number of aromatic nitrogens is 2. The Kier molecular flexibility index (Phi) is 4.16. The molecule has 116 valence electrons. The van der Waals surface area contributed by atoms with Gasteiger partial charge in [0.2, 0.25) is 0 Å². The van der Waals surface area contributed by atoms with Crippen molar-refractivity contribution in [1.82, 2.24) is 9.78 Å². The normalized spacial score (nSPS) is 12.1. The third-order valence-corrected chi connectivity index (χ3v) is 4.33. The number of benzene rings is 2. The summed E-state index contributed by atoms with van der Waals surface area (Å²) in [7, 11) is -1.04. The van der Waals surface area contributed by atoms with Crippen LogP contribution < -0.4 is 5.56 Å². The third kappa shape index (κ3) is 3.27. The molecular weight excluding hydrogens is 315 g/mol. The van der Waals surface area contributed by atoms with Crippen LogP contribution in [0.3, 0.4) is 0 Å². The topological polar surface area (TPSA) is 52.0 Å². The van der Waals surface area contributed by atoms with E-state index in [0.29, 0.717) is 11.3 Å². The summed E-state index contributed by atoms with van der Waals surface area (Å²) < 4.78 is 25.5. The highest BCUT2D eigenvalue weighted by molar-refractivity contribution is 7.84. The van der Waals surface area contributed by atoms with Crippen LogP contribution in [0.25, 0.3) is 16.8 Å². The summed E-state index contributed by atoms with van der Waals surface area (Å²) in [6.07, 6.45) is 3.18. The Balaban J connectivity index is 1.97. The molecule has 6 heteroatoms. The van der Waals surface area contributed by atoms with Crippen molar-refractivity contribution in [2.45, 2.75) is 4.90 Å². The van der Waals surface area contributed by atoms with Gasteiger partial charge >= 0.3 is 0 Å². The van der Waals surface area contributed by atoms with Gasteiger partial charge in [-0.1, -0.05) is 12.1 Å². The fraction of sp³-hybridized carbons (Fsp3) is 0.0588. The van der Waals surface area contributed by atoms with E-state index in [-0.39, 0.29) is 11.4 Å². The van der Waals surface area contributed by atoms with E-state index in [1.54, 1.807) is 36.7 Å². The van der Waals surface area contributed by atoms with Gasteiger partial charge in [0.05, 0.1) is 11.9 Å². The Hall–Kier alpha value is -2.60. The van der Waals surface area contributed by atoms with Crippen LogP contribution in [0.2, 0.25) is 0 Å². The minimum Gasteiger partial charge on any atom is -0.267 e. The maximum absolute atomic E-state index is 12.9. The van der Waals surface area contributed by atoms with Crippen LogP contribution in [0.15, 0.2) is 70.5 Å². The largest absolute Gasteiger partial charge is 0.272 e. The van der Waals surface area contributed by atoms with E-state index in [1.807, 2.05) is 0 Å². The van der Waals surface area contributed by atoms with Gasteiger partial charge in [0.15, 0.2) is 0 Å². The van der Waals surface area contributed by atoms with Crippen LogP contribution in [-0.2, 0) is 10.8 Å². The molecule has 4 nitrogen and oxygen atoms in total. The minimum atomic E-state index is -1.04. The molecular formula is C17H13FN2O2S. The third-order valence-electron chi connectivity index (χ3n) is 3.39. The molecule has 1 heterocycles. The van der Waals surface area contributed by atoms with Crippen molar-refractivity contribution in [2.75, 3.05) is 6.26 Å². The maximum Gasteiger partial charge on any atom is 0.272 e. The van der Waals surface area contributed by atoms with E-state index in [9.17, 15) is 13.4 Å². The first-order chi connectivity index (χ1) is 11.0. The second kappa shape index (κ2) is 6.26. The average molecular weight is 328 g/mol. The molecule has 0 amide bonds. The van der Waals surface area contributed by atoms with Gasteiger partial charge in [-0.05, 0) is 42.0 Å². The van der Waals surface area contributed by atoms with Gasteiger partial charge in [-0.25, -0.2) is 4.39 Å². The fourth-order valence-electron chi connectivity index (χ4n) is 2.18. The summed E-state index contributed by atoms with van der Waals surface area (Å²) in [6, 6.07) is 14.1. The number of halogens is 1. The first-order valence-corrected chi connectivity index (χ1v) is 8.39. The molecule has 3 aromatic rings. The second-order valence-electron chi connectivity index (χ2n) is 4.95. The standard InChI is InChI=1S/C17H13FN2O2S/c1-23(22)16-8-2-12(3-9-16)13-10-17(21)20(19-11-13)15-6-4-14(18)5-7-15/h2-11H,1H3. The molecule has 23 heavy (non-hydrogen) atoms. The Morgan fingerprint density at radius 2 is 1.65 bits per heavy atom. The summed E-state index contributed by atoms with van der Waals surface area (Å²) in [4.78, 5) is 13.0. The molecule has 0 aliphatic heterocycles. The van der Waals surface area contributed by atoms with E-state index in [4.69, 9.17) is 0 Å². The summed E-state index contributed by atoms with van der Waals surface area (Å²) in [5.41, 5.74) is 1.67. The summed E-state index contributed by atoms with van der Waals surface area (Å²) in [5, 5.41) is 4.13. The first-order valence-electron chi connectivity index (χ1n) is 6.84. The number of nitrogens with zero attached hydrogens (tertiary/aromatic N) is 2. The molecule has 2 aromatic carbocycles. The predicted molar refractivity (Wildman–Crippen MR) is 87.6 cm³/mol. The molecule has 0 aliphatic carbocycles. The molecule has 0 saturated heterocycles. The monoisotopic (exact) mass is 328 g/mol. The van der Waals surface area contributed by atoms with Crippen LogP contribution in [0.1, 0.15) is 0 Å². The second-order valence-corrected chi connectivity index (χ2v) is 6.33. The zero-order valence-electron chi connectivity index (χ0n) is 12.3. The van der Waals surface area contributed by atoms with Crippen molar-refractivity contribution in [3.05, 3.63) is 77.0 Å². The lowest BCUT2D eigenvalue weighted by atomic mass is 10.1. The van der Waals surface area contributed by atoms with Crippen LogP contribution in [0.5, 0.6) is 0 Å². The van der Waals surface area contributed by atoms with Gasteiger partial charge in [0.1, 0.15) is 5.82 Å². The Bertz CT molecular complexity index is 919. The average Bonchev–Trinajstić information content (AvgIpc) is 2.56. The summed E-state index contributed by atoms with van der Waals surface area (Å²) in [5.74, 6) is -0.369. The van der Waals surface area contributed by atoms with E-state index in [2.05, 4.69) is 5.10 Å².